The zero-order valence-corrected chi connectivity index (χ0v) is 16.3. The van der Waals surface area contributed by atoms with Gasteiger partial charge in [0.25, 0.3) is 0 Å². The molecule has 0 unspecified atom stereocenters. The fourth-order valence-electron chi connectivity index (χ4n) is 3.54. The fourth-order valence-corrected chi connectivity index (χ4v) is 3.54. The zero-order valence-electron chi connectivity index (χ0n) is 16.3. The molecule has 0 radical (unpaired) electrons. The standard InChI is InChI=1S/C22H24N4O2/c1-22(2,3)26-21-18(13-24-26)17(12-20(27)25-21)16-9-4-5-10-19(16)28-14-15-8-6-7-11-23-15/h4-11,13,17H,12,14H2,1-3H3,(H,25,27)/t17-/m1/s1. The van der Waals surface area contributed by atoms with Crippen molar-refractivity contribution in [1.29, 1.82) is 0 Å². The first-order valence-corrected chi connectivity index (χ1v) is 9.43. The van der Waals surface area contributed by atoms with Crippen LogP contribution in [0.3, 0.4) is 0 Å². The molecule has 1 aliphatic rings. The van der Waals surface area contributed by atoms with E-state index >= 15 is 0 Å². The van der Waals surface area contributed by atoms with Crippen LogP contribution in [0.4, 0.5) is 5.82 Å². The predicted molar refractivity (Wildman–Crippen MR) is 107 cm³/mol. The molecular formula is C22H24N4O2. The van der Waals surface area contributed by atoms with Gasteiger partial charge in [0.1, 0.15) is 18.2 Å². The summed E-state index contributed by atoms with van der Waals surface area (Å²) in [6, 6.07) is 13.6. The van der Waals surface area contributed by atoms with Crippen molar-refractivity contribution in [1.82, 2.24) is 14.8 Å². The molecule has 1 amide bonds. The molecule has 1 aromatic carbocycles. The number of fused-ring (bicyclic) bond motifs is 1. The van der Waals surface area contributed by atoms with Crippen LogP contribution < -0.4 is 10.1 Å². The average molecular weight is 376 g/mol. The molecule has 144 valence electrons. The molecule has 0 saturated carbocycles. The highest BCUT2D eigenvalue weighted by molar-refractivity contribution is 5.94. The lowest BCUT2D eigenvalue weighted by Crippen LogP contribution is -2.30. The first-order chi connectivity index (χ1) is 13.4. The summed E-state index contributed by atoms with van der Waals surface area (Å²) < 4.78 is 7.96. The molecule has 6 nitrogen and oxygen atoms in total. The number of carbonyl (C=O) groups is 1. The maximum Gasteiger partial charge on any atom is 0.226 e. The number of aromatic nitrogens is 3. The van der Waals surface area contributed by atoms with Crippen LogP contribution in [0.15, 0.2) is 54.9 Å². The van der Waals surface area contributed by atoms with E-state index in [1.165, 1.54) is 0 Å². The van der Waals surface area contributed by atoms with Gasteiger partial charge in [-0.15, -0.1) is 0 Å². The van der Waals surface area contributed by atoms with Crippen LogP contribution in [0.1, 0.15) is 49.9 Å². The Kier molecular flexibility index (Phi) is 4.63. The maximum atomic E-state index is 12.5. The van der Waals surface area contributed by atoms with Crippen molar-refractivity contribution in [3.8, 4) is 5.75 Å². The molecule has 28 heavy (non-hydrogen) atoms. The fraction of sp³-hybridized carbons (Fsp3) is 0.318. The first-order valence-electron chi connectivity index (χ1n) is 9.43. The number of hydrogen-bond acceptors (Lipinski definition) is 4. The summed E-state index contributed by atoms with van der Waals surface area (Å²) in [6.07, 6.45) is 3.98. The van der Waals surface area contributed by atoms with Gasteiger partial charge in [-0.25, -0.2) is 4.68 Å². The first kappa shape index (κ1) is 18.2. The van der Waals surface area contributed by atoms with Gasteiger partial charge in [-0.05, 0) is 39.0 Å². The van der Waals surface area contributed by atoms with E-state index in [2.05, 4.69) is 36.2 Å². The number of rotatable bonds is 4. The van der Waals surface area contributed by atoms with Crippen LogP contribution in [0.25, 0.3) is 0 Å². The third-order valence-electron chi connectivity index (χ3n) is 4.85. The monoisotopic (exact) mass is 376 g/mol. The third-order valence-corrected chi connectivity index (χ3v) is 4.85. The number of carbonyl (C=O) groups excluding carboxylic acids is 1. The molecule has 0 bridgehead atoms. The number of ether oxygens (including phenoxy) is 1. The second-order valence-electron chi connectivity index (χ2n) is 7.98. The molecule has 1 N–H and O–H groups in total. The normalized spacial score (nSPS) is 16.4. The molecule has 1 atom stereocenters. The van der Waals surface area contributed by atoms with Gasteiger partial charge in [-0.3, -0.25) is 9.78 Å². The Morgan fingerprint density at radius 3 is 2.68 bits per heavy atom. The number of nitrogens with one attached hydrogen (secondary N) is 1. The summed E-state index contributed by atoms with van der Waals surface area (Å²) in [5.74, 6) is 1.43. The van der Waals surface area contributed by atoms with Gasteiger partial charge in [0.15, 0.2) is 0 Å². The average Bonchev–Trinajstić information content (AvgIpc) is 3.11. The van der Waals surface area contributed by atoms with E-state index in [4.69, 9.17) is 4.74 Å². The molecule has 6 heteroatoms. The number of benzene rings is 1. The summed E-state index contributed by atoms with van der Waals surface area (Å²) in [7, 11) is 0. The highest BCUT2D eigenvalue weighted by atomic mass is 16.5. The maximum absolute atomic E-state index is 12.5. The Bertz CT molecular complexity index is 989. The van der Waals surface area contributed by atoms with Crippen molar-refractivity contribution < 1.29 is 9.53 Å². The number of amides is 1. The van der Waals surface area contributed by atoms with Crippen molar-refractivity contribution in [2.75, 3.05) is 5.32 Å². The summed E-state index contributed by atoms with van der Waals surface area (Å²) in [4.78, 5) is 16.8. The summed E-state index contributed by atoms with van der Waals surface area (Å²) in [5.41, 5.74) is 2.64. The molecular weight excluding hydrogens is 352 g/mol. The van der Waals surface area contributed by atoms with Gasteiger partial charge in [0, 0.05) is 29.7 Å². The summed E-state index contributed by atoms with van der Waals surface area (Å²) >= 11 is 0. The van der Waals surface area contributed by atoms with Gasteiger partial charge in [-0.1, -0.05) is 24.3 Å². The summed E-state index contributed by atoms with van der Waals surface area (Å²) in [5, 5.41) is 7.56. The second-order valence-corrected chi connectivity index (χ2v) is 7.98. The lowest BCUT2D eigenvalue weighted by atomic mass is 9.86. The minimum atomic E-state index is -0.224. The van der Waals surface area contributed by atoms with E-state index in [0.29, 0.717) is 13.0 Å². The van der Waals surface area contributed by atoms with E-state index in [0.717, 1.165) is 28.4 Å². The van der Waals surface area contributed by atoms with Gasteiger partial charge in [0.2, 0.25) is 5.91 Å². The van der Waals surface area contributed by atoms with Crippen LogP contribution in [0, 0.1) is 0 Å². The van der Waals surface area contributed by atoms with Crippen molar-refractivity contribution in [2.45, 2.75) is 45.3 Å². The number of nitrogens with zero attached hydrogens (tertiary/aromatic N) is 3. The predicted octanol–water partition coefficient (Wildman–Crippen LogP) is 4.09. The smallest absolute Gasteiger partial charge is 0.226 e. The van der Waals surface area contributed by atoms with Crippen LogP contribution in [0.2, 0.25) is 0 Å². The zero-order chi connectivity index (χ0) is 19.7. The molecule has 0 fully saturated rings. The van der Waals surface area contributed by atoms with Gasteiger partial charge >= 0.3 is 0 Å². The van der Waals surface area contributed by atoms with E-state index in [-0.39, 0.29) is 17.4 Å². The van der Waals surface area contributed by atoms with Gasteiger partial charge in [0.05, 0.1) is 17.4 Å². The van der Waals surface area contributed by atoms with Crippen molar-refractivity contribution in [3.63, 3.8) is 0 Å². The minimum absolute atomic E-state index is 0.0111. The Morgan fingerprint density at radius 1 is 1.14 bits per heavy atom. The van der Waals surface area contributed by atoms with Crippen LogP contribution in [0.5, 0.6) is 5.75 Å². The Hall–Kier alpha value is -3.15. The lowest BCUT2D eigenvalue weighted by molar-refractivity contribution is -0.116. The number of hydrogen-bond donors (Lipinski definition) is 1. The highest BCUT2D eigenvalue weighted by Crippen LogP contribution is 2.41. The Balaban J connectivity index is 1.69. The molecule has 2 aromatic heterocycles. The molecule has 4 rings (SSSR count). The largest absolute Gasteiger partial charge is 0.487 e. The van der Waals surface area contributed by atoms with Gasteiger partial charge in [-0.2, -0.15) is 5.10 Å². The highest BCUT2D eigenvalue weighted by Gasteiger charge is 2.33. The van der Waals surface area contributed by atoms with Crippen LogP contribution >= 0.6 is 0 Å². The van der Waals surface area contributed by atoms with E-state index < -0.39 is 0 Å². The lowest BCUT2D eigenvalue weighted by Gasteiger charge is -2.28. The van der Waals surface area contributed by atoms with E-state index in [1.807, 2.05) is 53.3 Å². The van der Waals surface area contributed by atoms with Crippen LogP contribution in [-0.2, 0) is 16.9 Å². The number of anilines is 1. The topological polar surface area (TPSA) is 69.0 Å². The second kappa shape index (κ2) is 7.11. The quantitative estimate of drug-likeness (QED) is 0.745. The Morgan fingerprint density at radius 2 is 1.93 bits per heavy atom. The number of pyridine rings is 1. The van der Waals surface area contributed by atoms with Crippen molar-refractivity contribution >= 4 is 11.7 Å². The third kappa shape index (κ3) is 3.50. The van der Waals surface area contributed by atoms with Crippen molar-refractivity contribution in [3.05, 3.63) is 71.7 Å². The minimum Gasteiger partial charge on any atom is -0.487 e. The Labute approximate surface area is 164 Å². The molecule has 0 spiro atoms. The van der Waals surface area contributed by atoms with Crippen LogP contribution in [-0.4, -0.2) is 20.7 Å². The molecule has 3 heterocycles. The molecule has 3 aromatic rings. The van der Waals surface area contributed by atoms with Crippen molar-refractivity contribution in [2.24, 2.45) is 0 Å². The molecule has 1 aliphatic heterocycles. The SMILES string of the molecule is CC(C)(C)n1ncc2c1NC(=O)C[C@@H]2c1ccccc1OCc1ccccn1. The van der Waals surface area contributed by atoms with Gasteiger partial charge < -0.3 is 10.1 Å². The summed E-state index contributed by atoms with van der Waals surface area (Å²) in [6.45, 7) is 6.59. The van der Waals surface area contributed by atoms with E-state index in [1.54, 1.807) is 6.20 Å². The van der Waals surface area contributed by atoms with E-state index in [9.17, 15) is 4.79 Å². The molecule has 0 saturated heterocycles. The number of para-hydroxylation sites is 1. The molecule has 0 aliphatic carbocycles.